The molecule has 0 nitrogen and oxygen atoms in total. The van der Waals surface area contributed by atoms with Crippen molar-refractivity contribution in [2.24, 2.45) is 0 Å². The van der Waals surface area contributed by atoms with Gasteiger partial charge in [-0.1, -0.05) is 291 Å². The van der Waals surface area contributed by atoms with Gasteiger partial charge in [-0.25, -0.2) is 0 Å². The van der Waals surface area contributed by atoms with E-state index in [9.17, 15) is 0 Å². The summed E-state index contributed by atoms with van der Waals surface area (Å²) in [5.74, 6) is 0. The second kappa shape index (κ2) is 16.9. The molecule has 394 valence electrons. The van der Waals surface area contributed by atoms with Crippen molar-refractivity contribution < 1.29 is 0 Å². The highest BCUT2D eigenvalue weighted by molar-refractivity contribution is 6.30. The van der Waals surface area contributed by atoms with E-state index in [4.69, 9.17) is 0 Å². The van der Waals surface area contributed by atoms with Crippen LogP contribution >= 0.6 is 0 Å². The summed E-state index contributed by atoms with van der Waals surface area (Å²) in [4.78, 5) is 0. The van der Waals surface area contributed by atoms with Gasteiger partial charge in [0.15, 0.2) is 0 Å². The molecule has 2 atom stereocenters. The summed E-state index contributed by atoms with van der Waals surface area (Å²) < 4.78 is 0. The van der Waals surface area contributed by atoms with Crippen molar-refractivity contribution in [1.29, 1.82) is 0 Å². The molecule has 0 aromatic heterocycles. The third-order valence-electron chi connectivity index (χ3n) is 20.6. The summed E-state index contributed by atoms with van der Waals surface area (Å²) in [6.45, 7) is 0. The molecule has 0 fully saturated rings. The minimum absolute atomic E-state index is 0.493. The third-order valence-corrected chi connectivity index (χ3v) is 20.6. The van der Waals surface area contributed by atoms with Crippen molar-refractivity contribution in [2.45, 2.75) is 10.8 Å². The first kappa shape index (κ1) is 46.6. The summed E-state index contributed by atoms with van der Waals surface area (Å²) in [5.41, 5.74) is 27.9. The van der Waals surface area contributed by atoms with Crippen molar-refractivity contribution >= 4 is 64.6 Å². The molecule has 4 aliphatic carbocycles. The highest BCUT2D eigenvalue weighted by Gasteiger charge is 2.54. The van der Waals surface area contributed by atoms with E-state index in [1.54, 1.807) is 0 Å². The Hall–Kier alpha value is -10.9. The molecule has 16 aromatic rings. The number of fused-ring (bicyclic) bond motifs is 28. The molecule has 86 heavy (non-hydrogen) atoms. The van der Waals surface area contributed by atoms with Crippen LogP contribution in [-0.2, 0) is 10.8 Å². The predicted molar refractivity (Wildman–Crippen MR) is 360 cm³/mol. The zero-order valence-electron chi connectivity index (χ0n) is 46.9. The van der Waals surface area contributed by atoms with E-state index in [1.807, 2.05) is 0 Å². The average Bonchev–Trinajstić information content (AvgIpc) is 1.52. The van der Waals surface area contributed by atoms with Crippen LogP contribution in [0.25, 0.3) is 143 Å². The van der Waals surface area contributed by atoms with E-state index in [-0.39, 0.29) is 0 Å². The molecule has 0 radical (unpaired) electrons. The molecule has 0 amide bonds. The summed E-state index contributed by atoms with van der Waals surface area (Å²) in [6, 6.07) is 116. The van der Waals surface area contributed by atoms with Crippen LogP contribution in [0.3, 0.4) is 0 Å². The topological polar surface area (TPSA) is 0 Å². The maximum atomic E-state index is 2.58. The van der Waals surface area contributed by atoms with Crippen LogP contribution in [0.2, 0.25) is 0 Å². The van der Waals surface area contributed by atoms with Gasteiger partial charge in [0, 0.05) is 0 Å². The van der Waals surface area contributed by atoms with Crippen LogP contribution < -0.4 is 0 Å². The smallest absolute Gasteiger partial charge is 0.0619 e. The quantitative estimate of drug-likeness (QED) is 0.155. The van der Waals surface area contributed by atoms with Gasteiger partial charge in [0.1, 0.15) is 0 Å². The SMILES string of the molecule is c1ccc2c(c1)-c1ccc(-c3c4ccccc4c(-c4c5ccccc5c(-c5ccc6c(c5)C5(c7ccccc7-6)c6ccccc6-c6c5ccc5ccccc65)c5ccccc45)c4ccccc34)cc1C21c2ccccc2-c2c1ccc1ccccc21. The van der Waals surface area contributed by atoms with Crippen molar-refractivity contribution in [3.63, 3.8) is 0 Å². The second-order valence-corrected chi connectivity index (χ2v) is 24.3. The van der Waals surface area contributed by atoms with E-state index in [0.717, 1.165) is 0 Å². The first-order valence-corrected chi connectivity index (χ1v) is 30.3. The molecule has 2 unspecified atom stereocenters. The maximum absolute atomic E-state index is 2.58. The Morgan fingerprint density at radius 2 is 0.419 bits per heavy atom. The minimum atomic E-state index is -0.493. The van der Waals surface area contributed by atoms with Crippen molar-refractivity contribution in [2.75, 3.05) is 0 Å². The van der Waals surface area contributed by atoms with Crippen LogP contribution in [0.1, 0.15) is 44.5 Å². The lowest BCUT2D eigenvalue weighted by molar-refractivity contribution is 0.795. The van der Waals surface area contributed by atoms with Crippen LogP contribution in [0.15, 0.2) is 303 Å². The standard InChI is InChI=1S/C86H50/c1-3-23-55-51(21-1)43-47-75-81(55)69-35-15-19-39-73(69)85(75)71-37-17-13-25-57(71)59-45-41-53(49-77(59)85)79-61-27-5-9-31-65(61)83(66-32-10-6-28-62(66)79)84-67-33-11-7-29-63(67)80(64-30-8-12-34-68(64)84)54-42-46-60-58-26-14-18-38-72(58)86(78(60)50-54)74-40-20-16-36-70(74)82-56-24-4-2-22-52(56)44-48-76(82)86/h1-50H. The number of benzene rings is 16. The van der Waals surface area contributed by atoms with Crippen LogP contribution in [0.5, 0.6) is 0 Å². The predicted octanol–water partition coefficient (Wildman–Crippen LogP) is 22.3. The van der Waals surface area contributed by atoms with Gasteiger partial charge >= 0.3 is 0 Å². The van der Waals surface area contributed by atoms with E-state index >= 15 is 0 Å². The Balaban J connectivity index is 0.828. The molecule has 16 aromatic carbocycles. The summed E-state index contributed by atoms with van der Waals surface area (Å²) in [5, 5.41) is 15.1. The fourth-order valence-electron chi connectivity index (χ4n) is 17.5. The van der Waals surface area contributed by atoms with E-state index in [1.165, 1.54) is 187 Å². The van der Waals surface area contributed by atoms with Gasteiger partial charge in [-0.2, -0.15) is 0 Å². The summed E-state index contributed by atoms with van der Waals surface area (Å²) in [6.07, 6.45) is 0. The highest BCUT2D eigenvalue weighted by Crippen LogP contribution is 2.66. The number of hydrogen-bond donors (Lipinski definition) is 0. The van der Waals surface area contributed by atoms with Gasteiger partial charge in [0.2, 0.25) is 0 Å². The molecular weight excluding hydrogens is 1030 g/mol. The lowest BCUT2D eigenvalue weighted by atomic mass is 9.70. The molecule has 0 N–H and O–H groups in total. The van der Waals surface area contributed by atoms with Gasteiger partial charge in [0.05, 0.1) is 10.8 Å². The molecule has 20 rings (SSSR count). The monoisotopic (exact) mass is 1080 g/mol. The van der Waals surface area contributed by atoms with E-state index in [0.29, 0.717) is 0 Å². The van der Waals surface area contributed by atoms with Gasteiger partial charge in [-0.05, 0) is 199 Å². The lowest BCUT2D eigenvalue weighted by Gasteiger charge is -2.31. The number of hydrogen-bond acceptors (Lipinski definition) is 0. The fourth-order valence-corrected chi connectivity index (χ4v) is 17.5. The molecule has 0 heterocycles. The Bertz CT molecular complexity index is 5270. The Morgan fingerprint density at radius 1 is 0.151 bits per heavy atom. The molecule has 0 heteroatoms. The van der Waals surface area contributed by atoms with Crippen molar-refractivity contribution in [1.82, 2.24) is 0 Å². The molecule has 0 bridgehead atoms. The third kappa shape index (κ3) is 5.66. The van der Waals surface area contributed by atoms with Crippen LogP contribution in [0, 0.1) is 0 Å². The second-order valence-electron chi connectivity index (χ2n) is 24.3. The first-order valence-electron chi connectivity index (χ1n) is 30.3. The van der Waals surface area contributed by atoms with Gasteiger partial charge in [0.25, 0.3) is 0 Å². The maximum Gasteiger partial charge on any atom is 0.0725 e. The Kier molecular flexibility index (Phi) is 9.14. The Labute approximate surface area is 498 Å². The van der Waals surface area contributed by atoms with Crippen LogP contribution in [0.4, 0.5) is 0 Å². The van der Waals surface area contributed by atoms with Crippen LogP contribution in [-0.4, -0.2) is 0 Å². The fraction of sp³-hybridized carbons (Fsp3) is 0.0233. The zero-order chi connectivity index (χ0) is 56.0. The highest BCUT2D eigenvalue weighted by atomic mass is 14.5. The summed E-state index contributed by atoms with van der Waals surface area (Å²) in [7, 11) is 0. The molecular formula is C86H50. The minimum Gasteiger partial charge on any atom is -0.0619 e. The largest absolute Gasteiger partial charge is 0.0725 e. The van der Waals surface area contributed by atoms with Crippen molar-refractivity contribution in [3.05, 3.63) is 348 Å². The first-order chi connectivity index (χ1) is 42.7. The molecule has 4 aliphatic rings. The molecule has 0 saturated carbocycles. The van der Waals surface area contributed by atoms with Gasteiger partial charge < -0.3 is 0 Å². The molecule has 2 spiro atoms. The summed E-state index contributed by atoms with van der Waals surface area (Å²) >= 11 is 0. The molecule has 0 aliphatic heterocycles. The van der Waals surface area contributed by atoms with Gasteiger partial charge in [-0.15, -0.1) is 0 Å². The lowest BCUT2D eigenvalue weighted by Crippen LogP contribution is -2.25. The number of rotatable bonds is 3. The van der Waals surface area contributed by atoms with E-state index < -0.39 is 10.8 Å². The Morgan fingerprint density at radius 3 is 0.779 bits per heavy atom. The van der Waals surface area contributed by atoms with Crippen molar-refractivity contribution in [3.8, 4) is 77.9 Å². The van der Waals surface area contributed by atoms with Gasteiger partial charge in [-0.3, -0.25) is 0 Å². The molecule has 0 saturated heterocycles. The van der Waals surface area contributed by atoms with E-state index in [2.05, 4.69) is 303 Å². The zero-order valence-corrected chi connectivity index (χ0v) is 46.9. The normalized spacial score (nSPS) is 16.2. The average molecular weight is 1080 g/mol.